The lowest BCUT2D eigenvalue weighted by Crippen LogP contribution is -2.10. The number of furan rings is 1. The van der Waals surface area contributed by atoms with E-state index in [1.165, 1.54) is 18.2 Å². The second kappa shape index (κ2) is 10.0. The van der Waals surface area contributed by atoms with Gasteiger partial charge in [0, 0.05) is 33.7 Å². The van der Waals surface area contributed by atoms with Crippen molar-refractivity contribution in [2.75, 3.05) is 19.0 Å². The molecule has 4 aromatic rings. The molecule has 1 N–H and O–H groups in total. The maximum Gasteiger partial charge on any atom is 0.248 e. The molecule has 0 radical (unpaired) electrons. The van der Waals surface area contributed by atoms with Gasteiger partial charge in [-0.25, -0.2) is 4.39 Å². The fraction of sp³-hybridized carbons (Fsp3) is 0.148. The SMILES string of the molecule is CCOc1cc2occ(-c3ccc(OC)cc3)c2cc1/C(C)=C/C(=O)Nc1ccc(Cl)cc1F. The number of carbonyl (C=O) groups excluding carboxylic acids is 1. The highest BCUT2D eigenvalue weighted by atomic mass is 35.5. The van der Waals surface area contributed by atoms with E-state index in [0.29, 0.717) is 23.5 Å². The number of carbonyl (C=O) groups is 1. The molecular weight excluding hydrogens is 457 g/mol. The van der Waals surface area contributed by atoms with Crippen LogP contribution in [0, 0.1) is 5.82 Å². The molecule has 0 saturated heterocycles. The Kier molecular flexibility index (Phi) is 6.89. The molecular formula is C27H23ClFNO4. The van der Waals surface area contributed by atoms with Crippen LogP contribution in [0.5, 0.6) is 11.5 Å². The molecule has 174 valence electrons. The summed E-state index contributed by atoms with van der Waals surface area (Å²) in [5.41, 5.74) is 3.97. The van der Waals surface area contributed by atoms with Gasteiger partial charge in [-0.2, -0.15) is 0 Å². The van der Waals surface area contributed by atoms with Crippen LogP contribution in [0.1, 0.15) is 19.4 Å². The summed E-state index contributed by atoms with van der Waals surface area (Å²) in [6.07, 6.45) is 3.10. The lowest BCUT2D eigenvalue weighted by molar-refractivity contribution is -0.111. The summed E-state index contributed by atoms with van der Waals surface area (Å²) in [4.78, 5) is 12.6. The Morgan fingerprint density at radius 1 is 1.15 bits per heavy atom. The van der Waals surface area contributed by atoms with Gasteiger partial charge >= 0.3 is 0 Å². The molecule has 0 aliphatic heterocycles. The van der Waals surface area contributed by atoms with Crippen molar-refractivity contribution in [3.05, 3.63) is 83.3 Å². The zero-order chi connectivity index (χ0) is 24.2. The van der Waals surface area contributed by atoms with Crippen LogP contribution in [-0.4, -0.2) is 19.6 Å². The third-order valence-electron chi connectivity index (χ3n) is 5.34. The number of benzene rings is 3. The maximum atomic E-state index is 14.1. The molecule has 0 aliphatic rings. The first kappa shape index (κ1) is 23.4. The van der Waals surface area contributed by atoms with E-state index in [0.717, 1.165) is 33.9 Å². The Morgan fingerprint density at radius 2 is 1.91 bits per heavy atom. The van der Waals surface area contributed by atoms with Gasteiger partial charge < -0.3 is 19.2 Å². The van der Waals surface area contributed by atoms with Crippen LogP contribution in [-0.2, 0) is 4.79 Å². The molecule has 0 unspecified atom stereocenters. The van der Waals surface area contributed by atoms with Crippen molar-refractivity contribution in [3.63, 3.8) is 0 Å². The molecule has 0 saturated carbocycles. The van der Waals surface area contributed by atoms with E-state index in [9.17, 15) is 9.18 Å². The minimum Gasteiger partial charge on any atom is -0.497 e. The van der Waals surface area contributed by atoms with Crippen LogP contribution >= 0.6 is 11.6 Å². The highest BCUT2D eigenvalue weighted by molar-refractivity contribution is 6.30. The fourth-order valence-corrected chi connectivity index (χ4v) is 3.83. The molecule has 0 bridgehead atoms. The molecule has 4 rings (SSSR count). The van der Waals surface area contributed by atoms with Gasteiger partial charge in [0.05, 0.1) is 25.7 Å². The van der Waals surface area contributed by atoms with E-state index in [4.69, 9.17) is 25.5 Å². The zero-order valence-corrected chi connectivity index (χ0v) is 19.7. The number of allylic oxidation sites excluding steroid dienone is 1. The Hall–Kier alpha value is -3.77. The normalized spacial score (nSPS) is 11.5. The Balaban J connectivity index is 1.71. The summed E-state index contributed by atoms with van der Waals surface area (Å²) in [7, 11) is 1.62. The van der Waals surface area contributed by atoms with E-state index in [2.05, 4.69) is 5.32 Å². The molecule has 0 atom stereocenters. The predicted molar refractivity (Wildman–Crippen MR) is 133 cm³/mol. The van der Waals surface area contributed by atoms with E-state index in [-0.39, 0.29) is 10.7 Å². The highest BCUT2D eigenvalue weighted by Gasteiger charge is 2.16. The standard InChI is InChI=1S/C27H23ClFNO4/c1-4-33-25-14-26-21(22(15-34-26)17-5-8-19(32-3)9-6-17)13-20(25)16(2)11-27(31)30-24-10-7-18(28)12-23(24)29/h5-15H,4H2,1-3H3,(H,30,31)/b16-11+. The van der Waals surface area contributed by atoms with Gasteiger partial charge in [-0.1, -0.05) is 23.7 Å². The lowest BCUT2D eigenvalue weighted by Gasteiger charge is -2.12. The Labute approximate surface area is 201 Å². The summed E-state index contributed by atoms with van der Waals surface area (Å²) >= 11 is 5.78. The van der Waals surface area contributed by atoms with Gasteiger partial charge in [0.1, 0.15) is 22.9 Å². The number of rotatable bonds is 7. The van der Waals surface area contributed by atoms with Gasteiger partial charge in [-0.05, 0) is 61.4 Å². The number of amides is 1. The zero-order valence-electron chi connectivity index (χ0n) is 18.9. The first-order chi connectivity index (χ1) is 16.4. The lowest BCUT2D eigenvalue weighted by atomic mass is 9.99. The van der Waals surface area contributed by atoms with Gasteiger partial charge in [0.25, 0.3) is 0 Å². The van der Waals surface area contributed by atoms with Crippen LogP contribution in [0.4, 0.5) is 10.1 Å². The summed E-state index contributed by atoms with van der Waals surface area (Å²) in [6, 6.07) is 15.5. The van der Waals surface area contributed by atoms with Crippen molar-refractivity contribution < 1.29 is 23.1 Å². The average molecular weight is 480 g/mol. The minimum absolute atomic E-state index is 0.0514. The fourth-order valence-electron chi connectivity index (χ4n) is 3.67. The molecule has 5 nitrogen and oxygen atoms in total. The number of methoxy groups -OCH3 is 1. The largest absolute Gasteiger partial charge is 0.497 e. The molecule has 1 amide bonds. The number of anilines is 1. The number of halogens is 2. The van der Waals surface area contributed by atoms with Crippen molar-refractivity contribution in [3.8, 4) is 22.6 Å². The van der Waals surface area contributed by atoms with Crippen molar-refractivity contribution in [1.29, 1.82) is 0 Å². The molecule has 0 aliphatic carbocycles. The molecule has 0 spiro atoms. The third kappa shape index (κ3) is 4.92. The van der Waals surface area contributed by atoms with Gasteiger partial charge in [0.2, 0.25) is 5.91 Å². The average Bonchev–Trinajstić information content (AvgIpc) is 3.23. The number of ether oxygens (including phenoxy) is 2. The van der Waals surface area contributed by atoms with Crippen molar-refractivity contribution in [2.45, 2.75) is 13.8 Å². The minimum atomic E-state index is -0.606. The summed E-state index contributed by atoms with van der Waals surface area (Å²) < 4.78 is 30.9. The second-order valence-electron chi connectivity index (χ2n) is 7.60. The van der Waals surface area contributed by atoms with Crippen LogP contribution in [0.25, 0.3) is 27.7 Å². The molecule has 34 heavy (non-hydrogen) atoms. The predicted octanol–water partition coefficient (Wildman–Crippen LogP) is 7.34. The molecule has 1 aromatic heterocycles. The topological polar surface area (TPSA) is 60.7 Å². The first-order valence-corrected chi connectivity index (χ1v) is 11.0. The number of hydrogen-bond acceptors (Lipinski definition) is 4. The van der Waals surface area contributed by atoms with Crippen LogP contribution < -0.4 is 14.8 Å². The number of nitrogens with one attached hydrogen (secondary N) is 1. The van der Waals surface area contributed by atoms with Crippen LogP contribution in [0.2, 0.25) is 5.02 Å². The molecule has 1 heterocycles. The Morgan fingerprint density at radius 3 is 2.59 bits per heavy atom. The third-order valence-corrected chi connectivity index (χ3v) is 5.57. The van der Waals surface area contributed by atoms with Gasteiger partial charge in [-0.15, -0.1) is 0 Å². The van der Waals surface area contributed by atoms with Crippen molar-refractivity contribution >= 4 is 39.7 Å². The second-order valence-corrected chi connectivity index (χ2v) is 8.03. The van der Waals surface area contributed by atoms with Crippen LogP contribution in [0.15, 0.2) is 71.4 Å². The van der Waals surface area contributed by atoms with Crippen LogP contribution in [0.3, 0.4) is 0 Å². The first-order valence-electron chi connectivity index (χ1n) is 10.7. The van der Waals surface area contributed by atoms with E-state index in [1.807, 2.05) is 43.3 Å². The van der Waals surface area contributed by atoms with Gasteiger partial charge in [-0.3, -0.25) is 4.79 Å². The summed E-state index contributed by atoms with van der Waals surface area (Å²) in [6.45, 7) is 4.13. The van der Waals surface area contributed by atoms with Crippen molar-refractivity contribution in [2.24, 2.45) is 0 Å². The van der Waals surface area contributed by atoms with Gasteiger partial charge in [0.15, 0.2) is 0 Å². The maximum absolute atomic E-state index is 14.1. The van der Waals surface area contributed by atoms with E-state index in [1.54, 1.807) is 20.3 Å². The smallest absolute Gasteiger partial charge is 0.248 e. The number of fused-ring (bicyclic) bond motifs is 1. The molecule has 3 aromatic carbocycles. The highest BCUT2D eigenvalue weighted by Crippen LogP contribution is 2.38. The Bertz CT molecular complexity index is 1380. The van der Waals surface area contributed by atoms with Crippen molar-refractivity contribution in [1.82, 2.24) is 0 Å². The monoisotopic (exact) mass is 479 g/mol. The quantitative estimate of drug-likeness (QED) is 0.282. The number of hydrogen-bond donors (Lipinski definition) is 1. The summed E-state index contributed by atoms with van der Waals surface area (Å²) in [5.74, 6) is 0.275. The van der Waals surface area contributed by atoms with E-state index < -0.39 is 11.7 Å². The summed E-state index contributed by atoms with van der Waals surface area (Å²) in [5, 5.41) is 3.68. The molecule has 0 fully saturated rings. The van der Waals surface area contributed by atoms with E-state index >= 15 is 0 Å². The molecule has 7 heteroatoms.